The Morgan fingerprint density at radius 2 is 2.15 bits per heavy atom. The Morgan fingerprint density at radius 3 is 2.73 bits per heavy atom. The summed E-state index contributed by atoms with van der Waals surface area (Å²) in [4.78, 5) is 29.0. The van der Waals surface area contributed by atoms with Gasteiger partial charge in [0.15, 0.2) is 0 Å². The molecule has 0 radical (unpaired) electrons. The molecule has 1 spiro atoms. The van der Waals surface area contributed by atoms with Gasteiger partial charge >= 0.3 is 0 Å². The van der Waals surface area contributed by atoms with E-state index in [1.807, 2.05) is 31.3 Å². The largest absolute Gasteiger partial charge is 0.351 e. The first-order valence-electron chi connectivity index (χ1n) is 9.04. The summed E-state index contributed by atoms with van der Waals surface area (Å²) >= 11 is 0. The predicted molar refractivity (Wildman–Crippen MR) is 92.3 cm³/mol. The molecule has 2 aromatic rings. The highest BCUT2D eigenvalue weighted by atomic mass is 16.5. The number of rotatable bonds is 3. The number of amides is 2. The fraction of sp³-hybridized carbons (Fsp3) is 0.556. The van der Waals surface area contributed by atoms with Gasteiger partial charge in [-0.2, -0.15) is 5.10 Å². The van der Waals surface area contributed by atoms with Gasteiger partial charge < -0.3 is 14.3 Å². The molecule has 0 saturated carbocycles. The lowest BCUT2D eigenvalue weighted by atomic mass is 9.74. The molecule has 2 amide bonds. The molecule has 2 aromatic heterocycles. The molecule has 0 aliphatic carbocycles. The van der Waals surface area contributed by atoms with Crippen molar-refractivity contribution < 1.29 is 14.1 Å². The van der Waals surface area contributed by atoms with Crippen LogP contribution < -0.4 is 0 Å². The second-order valence-corrected chi connectivity index (χ2v) is 7.11. The van der Waals surface area contributed by atoms with Crippen LogP contribution in [0.2, 0.25) is 0 Å². The van der Waals surface area contributed by atoms with E-state index >= 15 is 0 Å². The SMILES string of the molecule is CCN1C(=O)C[C@@H](c2cnn(C)c2)C12CCN(C(=O)c1ccno1)CC2. The van der Waals surface area contributed by atoms with Crippen LogP contribution in [-0.2, 0) is 11.8 Å². The molecule has 2 fully saturated rings. The maximum absolute atomic E-state index is 12.7. The van der Waals surface area contributed by atoms with Gasteiger partial charge in [-0.15, -0.1) is 0 Å². The van der Waals surface area contributed by atoms with Crippen LogP contribution in [-0.4, -0.2) is 61.7 Å². The average Bonchev–Trinajstić information content (AvgIpc) is 3.36. The van der Waals surface area contributed by atoms with Gasteiger partial charge in [0.2, 0.25) is 11.7 Å². The number of likely N-dealkylation sites (tertiary alicyclic amines) is 2. The lowest BCUT2D eigenvalue weighted by Gasteiger charge is -2.47. The van der Waals surface area contributed by atoms with Gasteiger partial charge in [-0.25, -0.2) is 0 Å². The molecule has 26 heavy (non-hydrogen) atoms. The molecule has 8 nitrogen and oxygen atoms in total. The minimum atomic E-state index is -0.243. The summed E-state index contributed by atoms with van der Waals surface area (Å²) in [7, 11) is 1.89. The highest BCUT2D eigenvalue weighted by molar-refractivity contribution is 5.91. The third kappa shape index (κ3) is 2.51. The van der Waals surface area contributed by atoms with Crippen LogP contribution in [0.15, 0.2) is 29.2 Å². The molecule has 2 aliphatic heterocycles. The summed E-state index contributed by atoms with van der Waals surface area (Å²) in [6.07, 6.45) is 7.37. The van der Waals surface area contributed by atoms with E-state index in [0.29, 0.717) is 26.1 Å². The van der Waals surface area contributed by atoms with Gasteiger partial charge in [0.05, 0.1) is 17.9 Å². The van der Waals surface area contributed by atoms with Crippen molar-refractivity contribution in [2.75, 3.05) is 19.6 Å². The Balaban J connectivity index is 1.59. The molecular weight excluding hydrogens is 334 g/mol. The Hall–Kier alpha value is -2.64. The van der Waals surface area contributed by atoms with Crippen LogP contribution in [0.5, 0.6) is 0 Å². The van der Waals surface area contributed by atoms with Crippen LogP contribution in [0, 0.1) is 0 Å². The van der Waals surface area contributed by atoms with Gasteiger partial charge in [-0.1, -0.05) is 5.16 Å². The second-order valence-electron chi connectivity index (χ2n) is 7.11. The van der Waals surface area contributed by atoms with E-state index in [9.17, 15) is 9.59 Å². The molecule has 0 N–H and O–H groups in total. The van der Waals surface area contributed by atoms with E-state index in [1.54, 1.807) is 15.6 Å². The molecule has 2 aliphatic rings. The Bertz CT molecular complexity index is 805. The number of carbonyl (C=O) groups excluding carboxylic acids is 2. The maximum Gasteiger partial charge on any atom is 0.292 e. The molecule has 4 rings (SSSR count). The Morgan fingerprint density at radius 1 is 1.38 bits per heavy atom. The van der Waals surface area contributed by atoms with E-state index in [-0.39, 0.29) is 29.0 Å². The summed E-state index contributed by atoms with van der Waals surface area (Å²) in [6.45, 7) is 3.91. The van der Waals surface area contributed by atoms with Crippen molar-refractivity contribution in [1.82, 2.24) is 24.7 Å². The summed E-state index contributed by atoms with van der Waals surface area (Å²) in [5, 5.41) is 7.91. The zero-order valence-electron chi connectivity index (χ0n) is 15.1. The third-order valence-electron chi connectivity index (χ3n) is 5.87. The number of hydrogen-bond donors (Lipinski definition) is 0. The first-order valence-corrected chi connectivity index (χ1v) is 9.04. The normalized spacial score (nSPS) is 22.4. The van der Waals surface area contributed by atoms with Crippen LogP contribution in [0.4, 0.5) is 0 Å². The number of nitrogens with zero attached hydrogens (tertiary/aromatic N) is 5. The fourth-order valence-corrected chi connectivity index (χ4v) is 4.65. The van der Waals surface area contributed by atoms with Crippen LogP contribution in [0.3, 0.4) is 0 Å². The molecule has 4 heterocycles. The van der Waals surface area contributed by atoms with Gasteiger partial charge in [-0.05, 0) is 25.3 Å². The Kier molecular flexibility index (Phi) is 4.05. The zero-order chi connectivity index (χ0) is 18.3. The number of carbonyl (C=O) groups is 2. The van der Waals surface area contributed by atoms with Crippen molar-refractivity contribution >= 4 is 11.8 Å². The molecule has 138 valence electrons. The maximum atomic E-state index is 12.7. The predicted octanol–water partition coefficient (Wildman–Crippen LogP) is 1.42. The van der Waals surface area contributed by atoms with E-state index in [1.165, 1.54) is 6.20 Å². The van der Waals surface area contributed by atoms with Gasteiger partial charge in [-0.3, -0.25) is 14.3 Å². The smallest absolute Gasteiger partial charge is 0.292 e. The fourth-order valence-electron chi connectivity index (χ4n) is 4.65. The lowest BCUT2D eigenvalue weighted by molar-refractivity contribution is -0.132. The molecule has 8 heteroatoms. The van der Waals surface area contributed by atoms with E-state index in [2.05, 4.69) is 10.3 Å². The second kappa shape index (κ2) is 6.26. The number of aryl methyl sites for hydroxylation is 1. The molecule has 1 atom stereocenters. The van der Waals surface area contributed by atoms with Crippen molar-refractivity contribution in [2.45, 2.75) is 37.6 Å². The van der Waals surface area contributed by atoms with E-state index in [0.717, 1.165) is 18.4 Å². The molecule has 0 bridgehead atoms. The Labute approximate surface area is 151 Å². The molecular formula is C18H23N5O3. The van der Waals surface area contributed by atoms with Crippen molar-refractivity contribution in [3.05, 3.63) is 36.0 Å². The van der Waals surface area contributed by atoms with E-state index < -0.39 is 0 Å². The van der Waals surface area contributed by atoms with Gasteiger partial charge in [0, 0.05) is 51.3 Å². The monoisotopic (exact) mass is 357 g/mol. The first kappa shape index (κ1) is 16.8. The number of piperidine rings is 1. The van der Waals surface area contributed by atoms with E-state index in [4.69, 9.17) is 4.52 Å². The highest BCUT2D eigenvalue weighted by Crippen LogP contribution is 2.48. The molecule has 0 unspecified atom stereocenters. The van der Waals surface area contributed by atoms with Crippen LogP contribution >= 0.6 is 0 Å². The number of hydrogen-bond acceptors (Lipinski definition) is 5. The summed E-state index contributed by atoms with van der Waals surface area (Å²) < 4.78 is 6.78. The average molecular weight is 357 g/mol. The lowest BCUT2D eigenvalue weighted by Crippen LogP contribution is -2.56. The highest BCUT2D eigenvalue weighted by Gasteiger charge is 2.54. The zero-order valence-corrected chi connectivity index (χ0v) is 15.1. The minimum Gasteiger partial charge on any atom is -0.351 e. The summed E-state index contributed by atoms with van der Waals surface area (Å²) in [5.41, 5.74) is 0.861. The van der Waals surface area contributed by atoms with Crippen molar-refractivity contribution in [3.8, 4) is 0 Å². The van der Waals surface area contributed by atoms with Gasteiger partial charge in [0.25, 0.3) is 5.91 Å². The summed E-state index contributed by atoms with van der Waals surface area (Å²) in [5.74, 6) is 0.435. The molecule has 0 aromatic carbocycles. The van der Waals surface area contributed by atoms with Crippen LogP contribution in [0.25, 0.3) is 0 Å². The topological polar surface area (TPSA) is 84.5 Å². The number of likely N-dealkylation sites (N-methyl/N-ethyl adjacent to an activating group) is 1. The van der Waals surface area contributed by atoms with Gasteiger partial charge in [0.1, 0.15) is 0 Å². The van der Waals surface area contributed by atoms with Crippen LogP contribution in [0.1, 0.15) is 48.2 Å². The quantitative estimate of drug-likeness (QED) is 0.829. The minimum absolute atomic E-state index is 0.117. The van der Waals surface area contributed by atoms with Crippen molar-refractivity contribution in [2.24, 2.45) is 7.05 Å². The standard InChI is InChI=1S/C18H23N5O3/c1-3-23-16(24)10-14(13-11-19-21(2)12-13)18(23)5-8-22(9-6-18)17(25)15-4-7-20-26-15/h4,7,11-12,14H,3,5-6,8-10H2,1-2H3/t14-/m0/s1. The summed E-state index contributed by atoms with van der Waals surface area (Å²) in [6, 6.07) is 1.59. The third-order valence-corrected chi connectivity index (χ3v) is 5.87. The first-order chi connectivity index (χ1) is 12.5. The molecule has 2 saturated heterocycles. The van der Waals surface area contributed by atoms with Crippen molar-refractivity contribution in [1.29, 1.82) is 0 Å². The van der Waals surface area contributed by atoms with Crippen molar-refractivity contribution in [3.63, 3.8) is 0 Å². The number of aromatic nitrogens is 3.